The van der Waals surface area contributed by atoms with Crippen LogP contribution in [0.1, 0.15) is 50.7 Å². The molecule has 6 nitrogen and oxygen atoms in total. The molecule has 3 rings (SSSR count). The zero-order valence-electron chi connectivity index (χ0n) is 15.0. The Labute approximate surface area is 144 Å². The number of likely N-dealkylation sites (tertiary alicyclic amines) is 1. The highest BCUT2D eigenvalue weighted by Gasteiger charge is 2.24. The first kappa shape index (κ1) is 16.9. The molecule has 3 heterocycles. The van der Waals surface area contributed by atoms with E-state index < -0.39 is 0 Å². The molecule has 0 aliphatic carbocycles. The van der Waals surface area contributed by atoms with Gasteiger partial charge < -0.3 is 9.47 Å². The first-order valence-electron chi connectivity index (χ1n) is 8.85. The van der Waals surface area contributed by atoms with Crippen molar-refractivity contribution in [2.24, 2.45) is 7.05 Å². The molecule has 0 radical (unpaired) electrons. The van der Waals surface area contributed by atoms with E-state index in [0.29, 0.717) is 12.5 Å². The van der Waals surface area contributed by atoms with E-state index in [9.17, 15) is 0 Å². The molecule has 0 saturated carbocycles. The van der Waals surface area contributed by atoms with Crippen molar-refractivity contribution in [1.82, 2.24) is 29.4 Å². The summed E-state index contributed by atoms with van der Waals surface area (Å²) < 4.78 is 4.05. The Morgan fingerprint density at radius 3 is 2.71 bits per heavy atom. The summed E-state index contributed by atoms with van der Waals surface area (Å²) in [6.07, 6.45) is 9.58. The monoisotopic (exact) mass is 328 g/mol. The van der Waals surface area contributed by atoms with Crippen molar-refractivity contribution in [3.05, 3.63) is 41.8 Å². The number of aromatic nitrogens is 5. The fourth-order valence-electron chi connectivity index (χ4n) is 3.36. The summed E-state index contributed by atoms with van der Waals surface area (Å²) in [7, 11) is 2.08. The Kier molecular flexibility index (Phi) is 5.45. The van der Waals surface area contributed by atoms with Gasteiger partial charge in [0.2, 0.25) is 0 Å². The molecule has 1 aliphatic heterocycles. The molecule has 0 spiro atoms. The van der Waals surface area contributed by atoms with Crippen molar-refractivity contribution in [1.29, 1.82) is 0 Å². The number of rotatable bonds is 6. The van der Waals surface area contributed by atoms with E-state index in [2.05, 4.69) is 51.7 Å². The molecule has 0 unspecified atom stereocenters. The predicted molar refractivity (Wildman–Crippen MR) is 94.8 cm³/mol. The van der Waals surface area contributed by atoms with Gasteiger partial charge in [-0.1, -0.05) is 11.6 Å². The first-order chi connectivity index (χ1) is 11.6. The fraction of sp³-hybridized carbons (Fsp3) is 0.611. The lowest BCUT2D eigenvalue weighted by atomic mass is 9.96. The van der Waals surface area contributed by atoms with E-state index in [1.165, 1.54) is 25.0 Å². The highest BCUT2D eigenvalue weighted by atomic mass is 15.3. The minimum atomic E-state index is 0.522. The summed E-state index contributed by atoms with van der Waals surface area (Å²) in [5.74, 6) is 2.62. The van der Waals surface area contributed by atoms with Crippen LogP contribution in [0.3, 0.4) is 0 Å². The molecular formula is C18H28N6. The molecule has 1 aliphatic rings. The minimum Gasteiger partial charge on any atom is -0.316 e. The summed E-state index contributed by atoms with van der Waals surface area (Å²) in [5.41, 5.74) is 1.41. The van der Waals surface area contributed by atoms with Crippen LogP contribution < -0.4 is 0 Å². The van der Waals surface area contributed by atoms with Crippen LogP contribution in [0.2, 0.25) is 0 Å². The second kappa shape index (κ2) is 7.75. The van der Waals surface area contributed by atoms with Crippen LogP contribution >= 0.6 is 0 Å². The first-order valence-corrected chi connectivity index (χ1v) is 8.85. The molecule has 2 aromatic rings. The molecule has 0 atom stereocenters. The number of hydrogen-bond acceptors (Lipinski definition) is 4. The maximum absolute atomic E-state index is 4.47. The van der Waals surface area contributed by atoms with Gasteiger partial charge in [0, 0.05) is 31.9 Å². The van der Waals surface area contributed by atoms with E-state index in [1.54, 1.807) is 6.20 Å². The normalized spacial score (nSPS) is 16.5. The maximum Gasteiger partial charge on any atom is 0.154 e. The van der Waals surface area contributed by atoms with Crippen LogP contribution in [0.4, 0.5) is 0 Å². The van der Waals surface area contributed by atoms with Gasteiger partial charge >= 0.3 is 0 Å². The van der Waals surface area contributed by atoms with Crippen molar-refractivity contribution in [2.45, 2.75) is 45.6 Å². The van der Waals surface area contributed by atoms with Crippen molar-refractivity contribution in [3.63, 3.8) is 0 Å². The van der Waals surface area contributed by atoms with Crippen LogP contribution in [0.5, 0.6) is 0 Å². The second-order valence-corrected chi connectivity index (χ2v) is 6.92. The molecule has 2 aromatic heterocycles. The number of piperidine rings is 1. The van der Waals surface area contributed by atoms with E-state index in [1.807, 2.05) is 16.9 Å². The quantitative estimate of drug-likeness (QED) is 0.765. The summed E-state index contributed by atoms with van der Waals surface area (Å²) in [5, 5.41) is 13.1. The van der Waals surface area contributed by atoms with Gasteiger partial charge in [0.25, 0.3) is 0 Å². The lowest BCUT2D eigenvalue weighted by Gasteiger charge is -2.31. The number of nitrogens with zero attached hydrogens (tertiary/aromatic N) is 6. The molecular weight excluding hydrogens is 300 g/mol. The fourth-order valence-corrected chi connectivity index (χ4v) is 3.36. The van der Waals surface area contributed by atoms with Crippen LogP contribution in [-0.2, 0) is 13.6 Å². The summed E-state index contributed by atoms with van der Waals surface area (Å²) >= 11 is 0. The predicted octanol–water partition coefficient (Wildman–Crippen LogP) is 2.60. The zero-order chi connectivity index (χ0) is 16.9. The molecule has 24 heavy (non-hydrogen) atoms. The number of hydrogen-bond donors (Lipinski definition) is 0. The van der Waals surface area contributed by atoms with Gasteiger partial charge in [-0.2, -0.15) is 5.10 Å². The molecule has 0 N–H and O–H groups in total. The molecule has 0 amide bonds. The lowest BCUT2D eigenvalue weighted by molar-refractivity contribution is 0.211. The van der Waals surface area contributed by atoms with Gasteiger partial charge in [-0.15, -0.1) is 10.2 Å². The molecule has 0 bridgehead atoms. The average Bonchev–Trinajstić information content (AvgIpc) is 3.19. The third kappa shape index (κ3) is 4.12. The Bertz CT molecular complexity index is 658. The Morgan fingerprint density at radius 2 is 2.04 bits per heavy atom. The second-order valence-electron chi connectivity index (χ2n) is 6.92. The van der Waals surface area contributed by atoms with Gasteiger partial charge in [-0.05, 0) is 52.3 Å². The van der Waals surface area contributed by atoms with Crippen molar-refractivity contribution in [2.75, 3.05) is 19.6 Å². The van der Waals surface area contributed by atoms with E-state index >= 15 is 0 Å². The Balaban J connectivity index is 1.55. The Hall–Kier alpha value is -1.95. The molecule has 1 fully saturated rings. The lowest BCUT2D eigenvalue weighted by Crippen LogP contribution is -2.34. The molecule has 1 saturated heterocycles. The molecule has 0 aromatic carbocycles. The molecule has 130 valence electrons. The third-order valence-electron chi connectivity index (χ3n) is 4.81. The van der Waals surface area contributed by atoms with Crippen molar-refractivity contribution in [3.8, 4) is 0 Å². The number of allylic oxidation sites excluding steroid dienone is 1. The SMILES string of the molecule is CC(C)=CCCN1CCC(c2nnc(Cn3cccn3)n2C)CC1. The van der Waals surface area contributed by atoms with Crippen LogP contribution in [-0.4, -0.2) is 49.1 Å². The van der Waals surface area contributed by atoms with Crippen LogP contribution in [0.25, 0.3) is 0 Å². The zero-order valence-corrected chi connectivity index (χ0v) is 15.0. The third-order valence-corrected chi connectivity index (χ3v) is 4.81. The summed E-state index contributed by atoms with van der Waals surface area (Å²) in [4.78, 5) is 2.57. The van der Waals surface area contributed by atoms with Crippen molar-refractivity contribution >= 4 is 0 Å². The average molecular weight is 328 g/mol. The van der Waals surface area contributed by atoms with Crippen molar-refractivity contribution < 1.29 is 0 Å². The van der Waals surface area contributed by atoms with Gasteiger partial charge in [0.15, 0.2) is 5.82 Å². The minimum absolute atomic E-state index is 0.522. The molecule has 6 heteroatoms. The van der Waals surface area contributed by atoms with E-state index in [0.717, 1.165) is 31.2 Å². The van der Waals surface area contributed by atoms with Gasteiger partial charge in [-0.25, -0.2) is 0 Å². The van der Waals surface area contributed by atoms with E-state index in [4.69, 9.17) is 0 Å². The smallest absolute Gasteiger partial charge is 0.154 e. The highest BCUT2D eigenvalue weighted by Crippen LogP contribution is 2.27. The van der Waals surface area contributed by atoms with E-state index in [-0.39, 0.29) is 0 Å². The van der Waals surface area contributed by atoms with Crippen LogP contribution in [0.15, 0.2) is 30.1 Å². The summed E-state index contributed by atoms with van der Waals surface area (Å²) in [6, 6.07) is 1.93. The Morgan fingerprint density at radius 1 is 1.25 bits per heavy atom. The van der Waals surface area contributed by atoms with Crippen LogP contribution in [0, 0.1) is 0 Å². The highest BCUT2D eigenvalue weighted by molar-refractivity contribution is 5.04. The standard InChI is InChI=1S/C18H28N6/c1-15(2)6-4-10-23-12-7-16(8-13-23)18-21-20-17(22(18)3)14-24-11-5-9-19-24/h5-6,9,11,16H,4,7-8,10,12-14H2,1-3H3. The largest absolute Gasteiger partial charge is 0.316 e. The topological polar surface area (TPSA) is 51.8 Å². The van der Waals surface area contributed by atoms with Gasteiger partial charge in [0.1, 0.15) is 12.4 Å². The van der Waals surface area contributed by atoms with Gasteiger partial charge in [-0.3, -0.25) is 4.68 Å². The van der Waals surface area contributed by atoms with Gasteiger partial charge in [0.05, 0.1) is 0 Å². The summed E-state index contributed by atoms with van der Waals surface area (Å²) in [6.45, 7) is 8.49. The maximum atomic E-state index is 4.47.